The van der Waals surface area contributed by atoms with Gasteiger partial charge in [0.25, 0.3) is 0 Å². The van der Waals surface area contributed by atoms with Gasteiger partial charge in [0.1, 0.15) is 12.4 Å². The molecule has 2 amide bonds. The fraction of sp³-hybridized carbons (Fsp3) is 0.333. The molecule has 0 bridgehead atoms. The van der Waals surface area contributed by atoms with Crippen molar-refractivity contribution in [2.45, 2.75) is 19.4 Å². The molecule has 1 N–H and O–H groups in total. The van der Waals surface area contributed by atoms with Crippen LogP contribution < -0.4 is 10.1 Å². The third-order valence-corrected chi connectivity index (χ3v) is 4.60. The number of carbonyl (C=O) groups excluding carboxylic acids is 2. The zero-order chi connectivity index (χ0) is 18.4. The molecule has 136 valence electrons. The minimum atomic E-state index is -0.0931. The molecule has 3 rings (SSSR count). The van der Waals surface area contributed by atoms with E-state index in [1.807, 2.05) is 54.6 Å². The highest BCUT2D eigenvalue weighted by Gasteiger charge is 2.28. The first kappa shape index (κ1) is 18.0. The molecular formula is C21H24N2O3. The van der Waals surface area contributed by atoms with Crippen molar-refractivity contribution in [2.24, 2.45) is 5.92 Å². The Kier molecular flexibility index (Phi) is 5.89. The lowest BCUT2D eigenvalue weighted by Gasteiger charge is -2.12. The molecule has 1 aliphatic heterocycles. The average molecular weight is 352 g/mol. The highest BCUT2D eigenvalue weighted by Crippen LogP contribution is 2.17. The van der Waals surface area contributed by atoms with Crippen molar-refractivity contribution >= 4 is 11.8 Å². The summed E-state index contributed by atoms with van der Waals surface area (Å²) in [6.07, 6.45) is 1.08. The lowest BCUT2D eigenvalue weighted by atomic mass is 10.1. The summed E-state index contributed by atoms with van der Waals surface area (Å²) in [5, 5.41) is 2.87. The Labute approximate surface area is 154 Å². The zero-order valence-electron chi connectivity index (χ0n) is 15.0. The van der Waals surface area contributed by atoms with E-state index in [0.29, 0.717) is 13.2 Å². The van der Waals surface area contributed by atoms with Crippen LogP contribution in [0.15, 0.2) is 54.6 Å². The third kappa shape index (κ3) is 4.85. The summed E-state index contributed by atoms with van der Waals surface area (Å²) in [5.41, 5.74) is 1.99. The Balaban J connectivity index is 1.48. The predicted octanol–water partition coefficient (Wildman–Crippen LogP) is 2.40. The molecule has 0 radical (unpaired) electrons. The average Bonchev–Trinajstić information content (AvgIpc) is 2.98. The lowest BCUT2D eigenvalue weighted by molar-refractivity contribution is -0.130. The number of amides is 2. The second-order valence-corrected chi connectivity index (χ2v) is 6.65. The molecule has 1 saturated heterocycles. The number of rotatable bonds is 7. The Bertz CT molecular complexity index is 761. The van der Waals surface area contributed by atoms with E-state index in [9.17, 15) is 9.59 Å². The molecule has 5 nitrogen and oxygen atoms in total. The van der Waals surface area contributed by atoms with Crippen molar-refractivity contribution in [3.05, 3.63) is 65.7 Å². The van der Waals surface area contributed by atoms with E-state index in [2.05, 4.69) is 5.32 Å². The Morgan fingerprint density at radius 3 is 2.65 bits per heavy atom. The van der Waals surface area contributed by atoms with Gasteiger partial charge >= 0.3 is 0 Å². The van der Waals surface area contributed by atoms with Gasteiger partial charge in [-0.2, -0.15) is 0 Å². The van der Waals surface area contributed by atoms with Gasteiger partial charge in [-0.15, -0.1) is 0 Å². The van der Waals surface area contributed by atoms with Crippen molar-refractivity contribution in [1.29, 1.82) is 0 Å². The van der Waals surface area contributed by atoms with E-state index in [1.54, 1.807) is 11.9 Å². The van der Waals surface area contributed by atoms with Crippen LogP contribution >= 0.6 is 0 Å². The van der Waals surface area contributed by atoms with Gasteiger partial charge in [0.15, 0.2) is 0 Å². The number of hydrogen-bond donors (Lipinski definition) is 1. The largest absolute Gasteiger partial charge is 0.489 e. The van der Waals surface area contributed by atoms with Crippen LogP contribution in [0.3, 0.4) is 0 Å². The molecule has 2 aromatic rings. The SMILES string of the molecule is CN1CCC(CNC(=O)Cc2cccc(OCc3ccccc3)c2)C1=O. The summed E-state index contributed by atoms with van der Waals surface area (Å²) in [6.45, 7) is 1.67. The van der Waals surface area contributed by atoms with E-state index in [-0.39, 0.29) is 24.2 Å². The van der Waals surface area contributed by atoms with Crippen LogP contribution in [0.5, 0.6) is 5.75 Å². The number of ether oxygens (including phenoxy) is 1. The second kappa shape index (κ2) is 8.52. The zero-order valence-corrected chi connectivity index (χ0v) is 15.0. The van der Waals surface area contributed by atoms with Crippen molar-refractivity contribution in [3.63, 3.8) is 0 Å². The third-order valence-electron chi connectivity index (χ3n) is 4.60. The normalized spacial score (nSPS) is 16.6. The first-order chi connectivity index (χ1) is 12.6. The van der Waals surface area contributed by atoms with Crippen molar-refractivity contribution in [1.82, 2.24) is 10.2 Å². The van der Waals surface area contributed by atoms with Gasteiger partial charge < -0.3 is 15.0 Å². The first-order valence-electron chi connectivity index (χ1n) is 8.89. The Morgan fingerprint density at radius 2 is 1.92 bits per heavy atom. The summed E-state index contributed by atoms with van der Waals surface area (Å²) >= 11 is 0. The van der Waals surface area contributed by atoms with Gasteiger partial charge in [0.05, 0.1) is 12.3 Å². The molecule has 1 heterocycles. The number of likely N-dealkylation sites (tertiary alicyclic amines) is 1. The summed E-state index contributed by atoms with van der Waals surface area (Å²) in [5.74, 6) is 0.686. The van der Waals surface area contributed by atoms with Gasteiger partial charge in [-0.1, -0.05) is 42.5 Å². The Morgan fingerprint density at radius 1 is 1.15 bits per heavy atom. The van der Waals surface area contributed by atoms with Crippen LogP contribution in [0.2, 0.25) is 0 Å². The number of nitrogens with one attached hydrogen (secondary N) is 1. The molecule has 26 heavy (non-hydrogen) atoms. The van der Waals surface area contributed by atoms with Crippen molar-refractivity contribution < 1.29 is 14.3 Å². The summed E-state index contributed by atoms with van der Waals surface area (Å²) < 4.78 is 5.80. The fourth-order valence-corrected chi connectivity index (χ4v) is 3.06. The standard InChI is InChI=1S/C21H24N2O3/c1-23-11-10-18(21(23)25)14-22-20(24)13-17-8-5-9-19(12-17)26-15-16-6-3-2-4-7-16/h2-9,12,18H,10-11,13-15H2,1H3,(H,22,24). The quantitative estimate of drug-likeness (QED) is 0.832. The van der Waals surface area contributed by atoms with Crippen LogP contribution in [-0.2, 0) is 22.6 Å². The maximum Gasteiger partial charge on any atom is 0.227 e. The van der Waals surface area contributed by atoms with Crippen LogP contribution in [0.1, 0.15) is 17.5 Å². The maximum atomic E-state index is 12.2. The van der Waals surface area contributed by atoms with E-state index in [4.69, 9.17) is 4.74 Å². The highest BCUT2D eigenvalue weighted by atomic mass is 16.5. The molecular weight excluding hydrogens is 328 g/mol. The predicted molar refractivity (Wildman–Crippen MR) is 99.7 cm³/mol. The second-order valence-electron chi connectivity index (χ2n) is 6.65. The molecule has 2 aromatic carbocycles. The topological polar surface area (TPSA) is 58.6 Å². The monoisotopic (exact) mass is 352 g/mol. The number of benzene rings is 2. The van der Waals surface area contributed by atoms with E-state index >= 15 is 0 Å². The van der Waals surface area contributed by atoms with Gasteiger partial charge in [-0.05, 0) is 29.7 Å². The van der Waals surface area contributed by atoms with E-state index < -0.39 is 0 Å². The smallest absolute Gasteiger partial charge is 0.227 e. The van der Waals surface area contributed by atoms with Crippen molar-refractivity contribution in [3.8, 4) is 5.75 Å². The van der Waals surface area contributed by atoms with Gasteiger partial charge in [-0.25, -0.2) is 0 Å². The van der Waals surface area contributed by atoms with E-state index in [1.165, 1.54) is 0 Å². The summed E-state index contributed by atoms with van der Waals surface area (Å²) in [7, 11) is 1.80. The molecule has 1 unspecified atom stereocenters. The molecule has 0 aliphatic carbocycles. The van der Waals surface area contributed by atoms with E-state index in [0.717, 1.165) is 29.8 Å². The lowest BCUT2D eigenvalue weighted by Crippen LogP contribution is -2.34. The molecule has 0 aromatic heterocycles. The molecule has 1 atom stereocenters. The van der Waals surface area contributed by atoms with Crippen LogP contribution in [-0.4, -0.2) is 36.9 Å². The van der Waals surface area contributed by atoms with Crippen LogP contribution in [0.25, 0.3) is 0 Å². The molecule has 1 fully saturated rings. The van der Waals surface area contributed by atoms with Gasteiger partial charge in [0, 0.05) is 20.1 Å². The summed E-state index contributed by atoms with van der Waals surface area (Å²) in [6, 6.07) is 17.5. The first-order valence-corrected chi connectivity index (χ1v) is 8.89. The number of carbonyl (C=O) groups is 2. The number of nitrogens with zero attached hydrogens (tertiary/aromatic N) is 1. The summed E-state index contributed by atoms with van der Waals surface area (Å²) in [4.78, 5) is 25.8. The fourth-order valence-electron chi connectivity index (χ4n) is 3.06. The Hall–Kier alpha value is -2.82. The molecule has 5 heteroatoms. The van der Waals surface area contributed by atoms with Gasteiger partial charge in [-0.3, -0.25) is 9.59 Å². The minimum Gasteiger partial charge on any atom is -0.489 e. The molecule has 0 saturated carbocycles. The van der Waals surface area contributed by atoms with Crippen molar-refractivity contribution in [2.75, 3.05) is 20.1 Å². The van der Waals surface area contributed by atoms with Crippen LogP contribution in [0, 0.1) is 5.92 Å². The van der Waals surface area contributed by atoms with Crippen LogP contribution in [0.4, 0.5) is 0 Å². The molecule has 0 spiro atoms. The highest BCUT2D eigenvalue weighted by molar-refractivity contribution is 5.83. The molecule has 1 aliphatic rings. The maximum absolute atomic E-state index is 12.2. The minimum absolute atomic E-state index is 0.0763. The number of hydrogen-bond acceptors (Lipinski definition) is 3. The van der Waals surface area contributed by atoms with Gasteiger partial charge in [0.2, 0.25) is 11.8 Å².